The van der Waals surface area contributed by atoms with E-state index in [0.717, 1.165) is 23.8 Å². The van der Waals surface area contributed by atoms with Crippen LogP contribution in [0.2, 0.25) is 0 Å². The molecule has 0 saturated carbocycles. The summed E-state index contributed by atoms with van der Waals surface area (Å²) in [4.78, 5) is 23.7. The van der Waals surface area contributed by atoms with Crippen molar-refractivity contribution < 1.29 is 14.3 Å². The van der Waals surface area contributed by atoms with Crippen LogP contribution < -0.4 is 20.7 Å². The van der Waals surface area contributed by atoms with E-state index >= 15 is 0 Å². The summed E-state index contributed by atoms with van der Waals surface area (Å²) < 4.78 is 5.34. The number of halogens is 1. The molecule has 0 bridgehead atoms. The molecule has 134 valence electrons. The summed E-state index contributed by atoms with van der Waals surface area (Å²) >= 11 is 1.84. The minimum absolute atomic E-state index is 0. The Morgan fingerprint density at radius 1 is 1.29 bits per heavy atom. The molecule has 1 atom stereocenters. The normalized spacial score (nSPS) is 16.6. The van der Waals surface area contributed by atoms with Gasteiger partial charge in [-0.25, -0.2) is 0 Å². The number of anilines is 1. The van der Waals surface area contributed by atoms with Crippen LogP contribution in [0, 0.1) is 0 Å². The molecule has 3 N–H and O–H groups in total. The van der Waals surface area contributed by atoms with Crippen LogP contribution in [0.4, 0.5) is 5.69 Å². The molecule has 0 spiro atoms. The molecule has 0 radical (unpaired) electrons. The summed E-state index contributed by atoms with van der Waals surface area (Å²) in [6, 6.07) is 7.33. The molecule has 1 aromatic rings. The van der Waals surface area contributed by atoms with E-state index < -0.39 is 0 Å². The predicted molar refractivity (Wildman–Crippen MR) is 100 cm³/mol. The lowest BCUT2D eigenvalue weighted by atomic mass is 10.2. The lowest BCUT2D eigenvalue weighted by Crippen LogP contribution is -2.42. The topological polar surface area (TPSA) is 79.5 Å². The number of nitrogens with one attached hydrogen (secondary N) is 3. The highest BCUT2D eigenvalue weighted by molar-refractivity contribution is 7.99. The number of benzene rings is 1. The molecule has 0 aliphatic carbocycles. The summed E-state index contributed by atoms with van der Waals surface area (Å²) in [5.74, 6) is 2.44. The Hall–Kier alpha value is -1.44. The van der Waals surface area contributed by atoms with E-state index in [9.17, 15) is 9.59 Å². The molecule has 1 fully saturated rings. The third-order valence-corrected chi connectivity index (χ3v) is 4.46. The van der Waals surface area contributed by atoms with Crippen LogP contribution in [0.1, 0.15) is 13.3 Å². The first-order chi connectivity index (χ1) is 11.2. The number of hydrogen-bond donors (Lipinski definition) is 3. The van der Waals surface area contributed by atoms with Gasteiger partial charge in [0.1, 0.15) is 5.75 Å². The zero-order valence-corrected chi connectivity index (χ0v) is 15.3. The molecule has 1 aromatic carbocycles. The monoisotopic (exact) mass is 373 g/mol. The van der Waals surface area contributed by atoms with Crippen molar-refractivity contribution in [3.63, 3.8) is 0 Å². The van der Waals surface area contributed by atoms with E-state index in [1.807, 2.05) is 18.7 Å². The van der Waals surface area contributed by atoms with E-state index in [2.05, 4.69) is 16.0 Å². The molecule has 1 aliphatic rings. The lowest BCUT2D eigenvalue weighted by molar-refractivity contribution is -0.124. The highest BCUT2D eigenvalue weighted by atomic mass is 35.5. The molecule has 6 nitrogen and oxygen atoms in total. The van der Waals surface area contributed by atoms with Crippen LogP contribution >= 0.6 is 24.2 Å². The summed E-state index contributed by atoms with van der Waals surface area (Å²) in [7, 11) is 0. The van der Waals surface area contributed by atoms with Crippen molar-refractivity contribution in [3.8, 4) is 5.75 Å². The fraction of sp³-hybridized carbons (Fsp3) is 0.500. The maximum absolute atomic E-state index is 11.8. The van der Waals surface area contributed by atoms with Crippen molar-refractivity contribution in [1.29, 1.82) is 0 Å². The van der Waals surface area contributed by atoms with Gasteiger partial charge in [0.15, 0.2) is 0 Å². The van der Waals surface area contributed by atoms with Crippen LogP contribution in [0.3, 0.4) is 0 Å². The first-order valence-electron chi connectivity index (χ1n) is 7.78. The SMILES string of the molecule is CCOc1ccc(NC(=O)CNC(=O)CC2CSCCN2)cc1.Cl. The third-order valence-electron chi connectivity index (χ3n) is 3.33. The average molecular weight is 374 g/mol. The number of carbonyl (C=O) groups excluding carboxylic acids is 2. The molecule has 8 heteroatoms. The zero-order valence-electron chi connectivity index (χ0n) is 13.7. The van der Waals surface area contributed by atoms with Crippen molar-refractivity contribution in [3.05, 3.63) is 24.3 Å². The van der Waals surface area contributed by atoms with Gasteiger partial charge in [-0.3, -0.25) is 9.59 Å². The largest absolute Gasteiger partial charge is 0.494 e. The van der Waals surface area contributed by atoms with Crippen molar-refractivity contribution in [2.45, 2.75) is 19.4 Å². The first-order valence-corrected chi connectivity index (χ1v) is 8.93. The summed E-state index contributed by atoms with van der Waals surface area (Å²) in [6.07, 6.45) is 0.406. The minimum Gasteiger partial charge on any atom is -0.494 e. The fourth-order valence-corrected chi connectivity index (χ4v) is 3.18. The van der Waals surface area contributed by atoms with Crippen LogP contribution in [-0.4, -0.2) is 49.1 Å². The standard InChI is InChI=1S/C16H23N3O3S.ClH/c1-2-22-14-5-3-12(4-6-14)19-16(21)10-18-15(20)9-13-11-23-8-7-17-13;/h3-6,13,17H,2,7-11H2,1H3,(H,18,20)(H,19,21);1H. The summed E-state index contributed by atoms with van der Waals surface area (Å²) in [5, 5.41) is 8.70. The highest BCUT2D eigenvalue weighted by Crippen LogP contribution is 2.15. The minimum atomic E-state index is -0.242. The van der Waals surface area contributed by atoms with Gasteiger partial charge in [0.05, 0.1) is 13.2 Å². The van der Waals surface area contributed by atoms with Crippen molar-refractivity contribution in [1.82, 2.24) is 10.6 Å². The molecule has 2 amide bonds. The number of hydrogen-bond acceptors (Lipinski definition) is 5. The average Bonchev–Trinajstić information content (AvgIpc) is 2.56. The van der Waals surface area contributed by atoms with E-state index in [4.69, 9.17) is 4.74 Å². The van der Waals surface area contributed by atoms with Crippen LogP contribution in [0.25, 0.3) is 0 Å². The molecule has 24 heavy (non-hydrogen) atoms. The fourth-order valence-electron chi connectivity index (χ4n) is 2.23. The molecular weight excluding hydrogens is 350 g/mol. The van der Waals surface area contributed by atoms with E-state index in [-0.39, 0.29) is 36.8 Å². The Labute approximate surface area is 152 Å². The first kappa shape index (κ1) is 20.6. The molecular formula is C16H24ClN3O3S. The van der Waals surface area contributed by atoms with Gasteiger partial charge in [0.25, 0.3) is 0 Å². The molecule has 1 aliphatic heterocycles. The molecule has 1 saturated heterocycles. The van der Waals surface area contributed by atoms with Crippen molar-refractivity contribution in [2.75, 3.05) is 36.5 Å². The van der Waals surface area contributed by atoms with E-state index in [1.165, 1.54) is 0 Å². The number of amides is 2. The Morgan fingerprint density at radius 2 is 2.04 bits per heavy atom. The van der Waals surface area contributed by atoms with Gasteiger partial charge in [-0.15, -0.1) is 12.4 Å². The summed E-state index contributed by atoms with van der Waals surface area (Å²) in [5.41, 5.74) is 0.679. The maximum Gasteiger partial charge on any atom is 0.243 e. The third kappa shape index (κ3) is 7.42. The van der Waals surface area contributed by atoms with Gasteiger partial charge in [-0.1, -0.05) is 0 Å². The Balaban J connectivity index is 0.00000288. The molecule has 1 heterocycles. The second kappa shape index (κ2) is 11.2. The van der Waals surface area contributed by atoms with Crippen molar-refractivity contribution >= 4 is 41.7 Å². The van der Waals surface area contributed by atoms with E-state index in [1.54, 1.807) is 24.3 Å². The molecule has 2 rings (SSSR count). The molecule has 1 unspecified atom stereocenters. The van der Waals surface area contributed by atoms with Crippen LogP contribution in [0.5, 0.6) is 5.75 Å². The Kier molecular flexibility index (Phi) is 9.59. The quantitative estimate of drug-likeness (QED) is 0.677. The van der Waals surface area contributed by atoms with Gasteiger partial charge in [0, 0.05) is 36.2 Å². The number of rotatable bonds is 7. The number of carbonyl (C=O) groups is 2. The predicted octanol–water partition coefficient (Wildman–Crippen LogP) is 1.66. The van der Waals surface area contributed by atoms with Gasteiger partial charge in [-0.05, 0) is 31.2 Å². The molecule has 0 aromatic heterocycles. The Bertz CT molecular complexity index is 522. The summed E-state index contributed by atoms with van der Waals surface area (Å²) in [6.45, 7) is 3.43. The highest BCUT2D eigenvalue weighted by Gasteiger charge is 2.16. The smallest absolute Gasteiger partial charge is 0.243 e. The van der Waals surface area contributed by atoms with Gasteiger partial charge >= 0.3 is 0 Å². The maximum atomic E-state index is 11.8. The zero-order chi connectivity index (χ0) is 16.5. The van der Waals surface area contributed by atoms with Crippen LogP contribution in [-0.2, 0) is 9.59 Å². The van der Waals surface area contributed by atoms with E-state index in [0.29, 0.717) is 18.7 Å². The van der Waals surface area contributed by atoms with Gasteiger partial charge in [0.2, 0.25) is 11.8 Å². The van der Waals surface area contributed by atoms with Crippen LogP contribution in [0.15, 0.2) is 24.3 Å². The number of thioether (sulfide) groups is 1. The van der Waals surface area contributed by atoms with Gasteiger partial charge in [-0.2, -0.15) is 11.8 Å². The number of ether oxygens (including phenoxy) is 1. The second-order valence-corrected chi connectivity index (χ2v) is 6.36. The Morgan fingerprint density at radius 3 is 2.67 bits per heavy atom. The lowest BCUT2D eigenvalue weighted by Gasteiger charge is -2.22. The van der Waals surface area contributed by atoms with Crippen molar-refractivity contribution in [2.24, 2.45) is 0 Å². The van der Waals surface area contributed by atoms with Gasteiger partial charge < -0.3 is 20.7 Å². The second-order valence-electron chi connectivity index (χ2n) is 5.21.